The van der Waals surface area contributed by atoms with Gasteiger partial charge in [0.15, 0.2) is 0 Å². The second-order valence-electron chi connectivity index (χ2n) is 11.3. The van der Waals surface area contributed by atoms with Gasteiger partial charge in [-0.3, -0.25) is 14.0 Å². The number of nitrogens with two attached hydrogens (primary N) is 1. The molecule has 1 saturated carbocycles. The summed E-state index contributed by atoms with van der Waals surface area (Å²) in [5.41, 5.74) is 7.07. The zero-order valence-corrected chi connectivity index (χ0v) is 23.5. The van der Waals surface area contributed by atoms with Gasteiger partial charge < -0.3 is 16.0 Å². The van der Waals surface area contributed by atoms with E-state index in [1.54, 1.807) is 27.6 Å². The first-order valence-corrected chi connectivity index (χ1v) is 14.1. The molecule has 0 radical (unpaired) electrons. The van der Waals surface area contributed by atoms with E-state index in [4.69, 9.17) is 10.7 Å². The van der Waals surface area contributed by atoms with Gasteiger partial charge in [0.1, 0.15) is 34.6 Å². The summed E-state index contributed by atoms with van der Waals surface area (Å²) >= 11 is 0. The third-order valence-corrected chi connectivity index (χ3v) is 8.46. The number of rotatable bonds is 5. The van der Waals surface area contributed by atoms with Crippen molar-refractivity contribution in [1.29, 1.82) is 0 Å². The van der Waals surface area contributed by atoms with Crippen molar-refractivity contribution in [3.8, 4) is 11.3 Å². The summed E-state index contributed by atoms with van der Waals surface area (Å²) < 4.78 is 69.1. The summed E-state index contributed by atoms with van der Waals surface area (Å²) in [6.45, 7) is 2.10. The van der Waals surface area contributed by atoms with E-state index in [1.807, 2.05) is 6.92 Å². The van der Waals surface area contributed by atoms with Gasteiger partial charge in [0.05, 0.1) is 5.56 Å². The van der Waals surface area contributed by atoms with Crippen LogP contribution in [0.15, 0.2) is 55.0 Å². The van der Waals surface area contributed by atoms with Gasteiger partial charge in [0.25, 0.3) is 11.8 Å². The van der Waals surface area contributed by atoms with E-state index < -0.39 is 35.4 Å². The van der Waals surface area contributed by atoms with Crippen LogP contribution in [0.25, 0.3) is 16.8 Å². The van der Waals surface area contributed by atoms with Crippen LogP contribution in [0.2, 0.25) is 0 Å². The number of halogens is 5. The van der Waals surface area contributed by atoms with Gasteiger partial charge in [-0.05, 0) is 50.5 Å². The number of aromatic nitrogens is 4. The highest BCUT2D eigenvalue weighted by atomic mass is 19.4. The molecule has 44 heavy (non-hydrogen) atoms. The maximum atomic E-state index is 14.1. The fraction of sp³-hybridized carbons (Fsp3) is 0.367. The molecular formula is C30H28F5N7O2. The molecule has 230 valence electrons. The van der Waals surface area contributed by atoms with Crippen LogP contribution >= 0.6 is 0 Å². The molecule has 2 fully saturated rings. The molecule has 3 N–H and O–H groups in total. The number of likely N-dealkylation sites (tertiary alicyclic amines) is 1. The molecule has 4 aromatic rings. The average molecular weight is 614 g/mol. The van der Waals surface area contributed by atoms with E-state index in [9.17, 15) is 31.5 Å². The molecule has 3 atom stereocenters. The van der Waals surface area contributed by atoms with Gasteiger partial charge in [-0.25, -0.2) is 23.7 Å². The lowest BCUT2D eigenvalue weighted by molar-refractivity contribution is -0.175. The number of nitrogens with one attached hydrogen (secondary N) is 1. The Hall–Kier alpha value is -4.62. The predicted molar refractivity (Wildman–Crippen MR) is 151 cm³/mol. The number of carbonyl (C=O) groups excluding carboxylic acids is 2. The van der Waals surface area contributed by atoms with Gasteiger partial charge >= 0.3 is 6.18 Å². The third kappa shape index (κ3) is 5.33. The molecule has 1 aromatic carbocycles. The van der Waals surface area contributed by atoms with Crippen LogP contribution in [0.5, 0.6) is 0 Å². The van der Waals surface area contributed by atoms with Crippen LogP contribution in [0.3, 0.4) is 0 Å². The minimum absolute atomic E-state index is 0.169. The Labute approximate surface area is 248 Å². The van der Waals surface area contributed by atoms with Gasteiger partial charge in [0.2, 0.25) is 5.91 Å². The molecule has 1 unspecified atom stereocenters. The first-order valence-electron chi connectivity index (χ1n) is 14.1. The highest BCUT2D eigenvalue weighted by Crippen LogP contribution is 2.45. The van der Waals surface area contributed by atoms with Gasteiger partial charge in [-0.2, -0.15) is 13.2 Å². The molecule has 3 aromatic heterocycles. The Balaban J connectivity index is 1.27. The van der Waals surface area contributed by atoms with Crippen LogP contribution in [0.1, 0.15) is 60.3 Å². The lowest BCUT2D eigenvalue weighted by Gasteiger charge is -2.43. The van der Waals surface area contributed by atoms with Crippen molar-refractivity contribution < 1.29 is 31.5 Å². The molecule has 9 nitrogen and oxygen atoms in total. The molecule has 0 bridgehead atoms. The summed E-state index contributed by atoms with van der Waals surface area (Å²) in [5, 5.41) is 2.37. The number of nitrogens with zero attached hydrogens (tertiary/aromatic N) is 5. The molecule has 1 saturated heterocycles. The van der Waals surface area contributed by atoms with Crippen LogP contribution < -0.4 is 11.1 Å². The highest BCUT2D eigenvalue weighted by molar-refractivity contribution is 6.04. The van der Waals surface area contributed by atoms with Crippen molar-refractivity contribution in [2.45, 2.75) is 56.7 Å². The quantitative estimate of drug-likeness (QED) is 0.276. The smallest absolute Gasteiger partial charge is 0.382 e. The Morgan fingerprint density at radius 2 is 1.80 bits per heavy atom. The first kappa shape index (κ1) is 29.5. The zero-order valence-electron chi connectivity index (χ0n) is 23.5. The highest BCUT2D eigenvalue weighted by Gasteiger charge is 2.54. The van der Waals surface area contributed by atoms with E-state index in [2.05, 4.69) is 15.3 Å². The monoisotopic (exact) mass is 613 g/mol. The molecule has 1 aliphatic heterocycles. The van der Waals surface area contributed by atoms with E-state index in [0.29, 0.717) is 35.4 Å². The molecule has 2 aliphatic rings. The number of nitrogen functional groups attached to an aromatic ring is 1. The summed E-state index contributed by atoms with van der Waals surface area (Å²) in [6, 6.07) is 7.63. The van der Waals surface area contributed by atoms with Crippen molar-refractivity contribution in [2.75, 3.05) is 17.6 Å². The molecule has 6 rings (SSSR count). The third-order valence-electron chi connectivity index (χ3n) is 8.46. The number of pyridine rings is 1. The summed E-state index contributed by atoms with van der Waals surface area (Å²) in [6.07, 6.45) is 0.788. The maximum Gasteiger partial charge on any atom is 0.416 e. The van der Waals surface area contributed by atoms with E-state index in [1.165, 1.54) is 18.3 Å². The molecule has 4 heterocycles. The number of benzene rings is 1. The molecule has 0 spiro atoms. The van der Waals surface area contributed by atoms with Crippen LogP contribution in [-0.2, 0) is 11.0 Å². The van der Waals surface area contributed by atoms with Crippen molar-refractivity contribution in [3.05, 3.63) is 71.9 Å². The van der Waals surface area contributed by atoms with E-state index in [-0.39, 0.29) is 48.5 Å². The fourth-order valence-corrected chi connectivity index (χ4v) is 5.86. The maximum absolute atomic E-state index is 14.1. The number of piperidine rings is 1. The van der Waals surface area contributed by atoms with E-state index in [0.717, 1.165) is 18.3 Å². The van der Waals surface area contributed by atoms with Crippen LogP contribution in [0, 0.1) is 5.92 Å². The number of alkyl halides is 5. The number of hydrogen-bond donors (Lipinski definition) is 2. The second kappa shape index (κ2) is 10.8. The van der Waals surface area contributed by atoms with Crippen molar-refractivity contribution in [2.24, 2.45) is 5.92 Å². The summed E-state index contributed by atoms with van der Waals surface area (Å²) in [5.74, 6) is -5.16. The lowest BCUT2D eigenvalue weighted by atomic mass is 9.78. The number of amides is 2. The van der Waals surface area contributed by atoms with Gasteiger partial charge in [-0.15, -0.1) is 0 Å². The minimum atomic E-state index is -4.58. The molecular weight excluding hydrogens is 585 g/mol. The largest absolute Gasteiger partial charge is 0.416 e. The number of fused-ring (bicyclic) bond motifs is 1. The zero-order chi connectivity index (χ0) is 31.4. The Morgan fingerprint density at radius 3 is 2.45 bits per heavy atom. The number of carbonyl (C=O) groups is 2. The lowest BCUT2D eigenvalue weighted by Crippen LogP contribution is -2.54. The Kier molecular flexibility index (Phi) is 7.25. The molecule has 1 aliphatic carbocycles. The normalized spacial score (nSPS) is 21.6. The van der Waals surface area contributed by atoms with Crippen LogP contribution in [-0.4, -0.2) is 54.6 Å². The minimum Gasteiger partial charge on any atom is -0.382 e. The number of imidazole rings is 1. The van der Waals surface area contributed by atoms with Crippen molar-refractivity contribution in [1.82, 2.24) is 24.3 Å². The van der Waals surface area contributed by atoms with Gasteiger partial charge in [0, 0.05) is 54.6 Å². The Bertz CT molecular complexity index is 1740. The second-order valence-corrected chi connectivity index (χ2v) is 11.3. The van der Waals surface area contributed by atoms with Crippen LogP contribution in [0.4, 0.5) is 33.6 Å². The number of hydrogen-bond acceptors (Lipinski definition) is 6. The predicted octanol–water partition coefficient (Wildman–Crippen LogP) is 5.78. The topological polar surface area (TPSA) is 119 Å². The average Bonchev–Trinajstić information content (AvgIpc) is 3.37. The van der Waals surface area contributed by atoms with E-state index >= 15 is 0 Å². The van der Waals surface area contributed by atoms with Gasteiger partial charge in [-0.1, -0.05) is 12.1 Å². The standard InChI is InChI=1S/C30H28F5N7O2/c1-16-2-3-19(15-42(16)28(44)21-8-10-29(21,31)32)26-40-23(24-25(36)38-12-13-41(24)26)17-4-6-18(7-5-17)27(43)39-22-14-20(9-11-37-22)30(33,34)35/h4-7,9,11-14,16,19,21H,2-3,8,10,15H2,1H3,(H2,36,38)(H,37,39,43)/t16-,19+,21?/m0/s1. The molecule has 2 amide bonds. The summed E-state index contributed by atoms with van der Waals surface area (Å²) in [4.78, 5) is 40.3. The number of anilines is 2. The fourth-order valence-electron chi connectivity index (χ4n) is 5.86. The summed E-state index contributed by atoms with van der Waals surface area (Å²) in [7, 11) is 0. The SMILES string of the molecule is C[C@H]1CC[C@@H](c2nc(-c3ccc(C(=O)Nc4cc(C(F)(F)F)ccn4)cc3)c3c(N)nccn23)CN1C(=O)C1CCC1(F)F. The molecule has 14 heteroatoms. The van der Waals surface area contributed by atoms with Crippen molar-refractivity contribution >= 4 is 29.0 Å². The van der Waals surface area contributed by atoms with Crippen molar-refractivity contribution in [3.63, 3.8) is 0 Å². The first-order chi connectivity index (χ1) is 20.8. The Morgan fingerprint density at radius 1 is 1.05 bits per heavy atom.